The number of hydrogen-bond donors (Lipinski definition) is 1. The van der Waals surface area contributed by atoms with E-state index < -0.39 is 23.5 Å². The summed E-state index contributed by atoms with van der Waals surface area (Å²) in [7, 11) is 0. The fourth-order valence-electron chi connectivity index (χ4n) is 1.57. The second-order valence-corrected chi connectivity index (χ2v) is 5.21. The van der Waals surface area contributed by atoms with Crippen molar-refractivity contribution in [2.24, 2.45) is 11.8 Å². The first-order chi connectivity index (χ1) is 8.83. The molecule has 0 aliphatic carbocycles. The maximum atomic E-state index is 12.0. The van der Waals surface area contributed by atoms with Gasteiger partial charge < -0.3 is 9.57 Å². The van der Waals surface area contributed by atoms with Crippen molar-refractivity contribution in [3.05, 3.63) is 35.9 Å². The predicted octanol–water partition coefficient (Wildman–Crippen LogP) is 1.60. The molecule has 0 radical (unpaired) electrons. The van der Waals surface area contributed by atoms with Gasteiger partial charge >= 0.3 is 11.9 Å². The first-order valence-corrected chi connectivity index (χ1v) is 6.01. The summed E-state index contributed by atoms with van der Waals surface area (Å²) in [5.41, 5.74) is 0.171. The van der Waals surface area contributed by atoms with Gasteiger partial charge in [0.2, 0.25) is 0 Å². The number of carbonyl (C=O) groups is 2. The lowest BCUT2D eigenvalue weighted by molar-refractivity contribution is -0.169. The molecule has 1 unspecified atom stereocenters. The molecular weight excluding hydrogens is 246 g/mol. The van der Waals surface area contributed by atoms with Gasteiger partial charge in [0, 0.05) is 0 Å². The van der Waals surface area contributed by atoms with Crippen LogP contribution in [0.2, 0.25) is 0 Å². The summed E-state index contributed by atoms with van der Waals surface area (Å²) in [5, 5.41) is 0. The van der Waals surface area contributed by atoms with Crippen molar-refractivity contribution in [3.63, 3.8) is 0 Å². The van der Waals surface area contributed by atoms with Gasteiger partial charge in [0.1, 0.15) is 5.60 Å². The van der Waals surface area contributed by atoms with Gasteiger partial charge in [0.15, 0.2) is 5.92 Å². The van der Waals surface area contributed by atoms with Crippen molar-refractivity contribution >= 4 is 11.9 Å². The smallest absolute Gasteiger partial charge is 0.339 e. The molecule has 0 amide bonds. The van der Waals surface area contributed by atoms with Gasteiger partial charge in [-0.2, -0.15) is 5.90 Å². The Kier molecular flexibility index (Phi) is 5.06. The van der Waals surface area contributed by atoms with E-state index in [0.29, 0.717) is 0 Å². The van der Waals surface area contributed by atoms with Crippen LogP contribution < -0.4 is 5.90 Å². The summed E-state index contributed by atoms with van der Waals surface area (Å²) in [6.45, 7) is 5.20. The second-order valence-electron chi connectivity index (χ2n) is 5.21. The Labute approximate surface area is 112 Å². The molecule has 0 spiro atoms. The van der Waals surface area contributed by atoms with E-state index in [9.17, 15) is 9.59 Å². The van der Waals surface area contributed by atoms with Crippen molar-refractivity contribution in [2.45, 2.75) is 32.8 Å². The van der Waals surface area contributed by atoms with Crippen molar-refractivity contribution in [1.82, 2.24) is 0 Å². The highest BCUT2D eigenvalue weighted by atomic mass is 16.7. The molecule has 5 nitrogen and oxygen atoms in total. The molecular formula is C14H19NO4. The summed E-state index contributed by atoms with van der Waals surface area (Å²) in [5.74, 6) is 2.40. The third kappa shape index (κ3) is 5.09. The fourth-order valence-corrected chi connectivity index (χ4v) is 1.57. The Morgan fingerprint density at radius 1 is 1.16 bits per heavy atom. The highest BCUT2D eigenvalue weighted by molar-refractivity contribution is 5.95. The van der Waals surface area contributed by atoms with Crippen molar-refractivity contribution < 1.29 is 19.2 Å². The van der Waals surface area contributed by atoms with Gasteiger partial charge in [-0.05, 0) is 32.8 Å². The molecule has 0 aromatic heterocycles. The van der Waals surface area contributed by atoms with Gasteiger partial charge in [0.05, 0.1) is 0 Å². The van der Waals surface area contributed by atoms with Crippen LogP contribution in [0.25, 0.3) is 0 Å². The number of benzene rings is 1. The van der Waals surface area contributed by atoms with Crippen LogP contribution >= 0.6 is 0 Å². The van der Waals surface area contributed by atoms with Crippen molar-refractivity contribution in [1.29, 1.82) is 0 Å². The molecule has 0 heterocycles. The van der Waals surface area contributed by atoms with Crippen LogP contribution in [0.1, 0.15) is 26.3 Å². The zero-order valence-electron chi connectivity index (χ0n) is 11.4. The number of esters is 1. The lowest BCUT2D eigenvalue weighted by Crippen LogP contribution is -2.35. The molecule has 0 aliphatic heterocycles. The second kappa shape index (κ2) is 6.33. The minimum absolute atomic E-state index is 0.200. The van der Waals surface area contributed by atoms with Crippen LogP contribution in [-0.2, 0) is 25.6 Å². The molecule has 1 aromatic carbocycles. The van der Waals surface area contributed by atoms with Crippen LogP contribution in [0, 0.1) is 5.92 Å². The Bertz CT molecular complexity index is 437. The van der Waals surface area contributed by atoms with Crippen LogP contribution in [0.4, 0.5) is 0 Å². The molecule has 0 fully saturated rings. The number of carbonyl (C=O) groups excluding carboxylic acids is 2. The fraction of sp³-hybridized carbons (Fsp3) is 0.429. The molecule has 0 saturated carbocycles. The maximum Gasteiger partial charge on any atom is 0.339 e. The van der Waals surface area contributed by atoms with E-state index in [2.05, 4.69) is 4.84 Å². The number of nitrogens with two attached hydrogens (primary N) is 1. The summed E-state index contributed by atoms with van der Waals surface area (Å²) >= 11 is 0. The normalized spacial score (nSPS) is 12.6. The minimum atomic E-state index is -1.05. The third-order valence-electron chi connectivity index (χ3n) is 2.37. The molecule has 1 rings (SSSR count). The monoisotopic (exact) mass is 265 g/mol. The van der Waals surface area contributed by atoms with E-state index in [-0.39, 0.29) is 6.42 Å². The number of rotatable bonds is 4. The first kappa shape index (κ1) is 15.2. The Morgan fingerprint density at radius 2 is 1.74 bits per heavy atom. The minimum Gasteiger partial charge on any atom is -0.459 e. The first-order valence-electron chi connectivity index (χ1n) is 6.01. The molecule has 1 aromatic rings. The van der Waals surface area contributed by atoms with Crippen molar-refractivity contribution in [3.8, 4) is 0 Å². The highest BCUT2D eigenvalue weighted by Gasteiger charge is 2.32. The van der Waals surface area contributed by atoms with E-state index in [1.165, 1.54) is 0 Å². The lowest BCUT2D eigenvalue weighted by atomic mass is 9.99. The third-order valence-corrected chi connectivity index (χ3v) is 2.37. The topological polar surface area (TPSA) is 78.6 Å². The van der Waals surface area contributed by atoms with Crippen LogP contribution in [0.5, 0.6) is 0 Å². The number of hydrogen-bond acceptors (Lipinski definition) is 5. The molecule has 2 N–H and O–H groups in total. The average Bonchev–Trinajstić information content (AvgIpc) is 2.34. The summed E-state index contributed by atoms with van der Waals surface area (Å²) in [4.78, 5) is 27.8. The molecule has 1 atom stereocenters. The van der Waals surface area contributed by atoms with E-state index >= 15 is 0 Å². The van der Waals surface area contributed by atoms with E-state index in [1.807, 2.05) is 30.3 Å². The van der Waals surface area contributed by atoms with Gasteiger partial charge in [-0.25, -0.2) is 4.79 Å². The van der Waals surface area contributed by atoms with E-state index in [1.54, 1.807) is 20.8 Å². The Hall–Kier alpha value is -1.88. The van der Waals surface area contributed by atoms with Gasteiger partial charge in [-0.3, -0.25) is 4.79 Å². The zero-order chi connectivity index (χ0) is 14.5. The van der Waals surface area contributed by atoms with E-state index in [0.717, 1.165) is 5.56 Å². The maximum absolute atomic E-state index is 12.0. The Morgan fingerprint density at radius 3 is 2.21 bits per heavy atom. The molecule has 104 valence electrons. The zero-order valence-corrected chi connectivity index (χ0v) is 11.4. The molecule has 0 aliphatic rings. The molecule has 19 heavy (non-hydrogen) atoms. The van der Waals surface area contributed by atoms with Gasteiger partial charge in [0.25, 0.3) is 0 Å². The SMILES string of the molecule is CC(C)(C)OC(=O)C(Cc1ccccc1)C(=O)ON. The van der Waals surface area contributed by atoms with Gasteiger partial charge in [-0.15, -0.1) is 0 Å². The quantitative estimate of drug-likeness (QED) is 0.508. The Balaban J connectivity index is 2.84. The van der Waals surface area contributed by atoms with Crippen molar-refractivity contribution in [2.75, 3.05) is 0 Å². The van der Waals surface area contributed by atoms with E-state index in [4.69, 9.17) is 10.6 Å². The average molecular weight is 265 g/mol. The largest absolute Gasteiger partial charge is 0.459 e. The van der Waals surface area contributed by atoms with Crippen LogP contribution in [-0.4, -0.2) is 17.5 Å². The summed E-state index contributed by atoms with van der Waals surface area (Å²) in [6.07, 6.45) is 0.200. The van der Waals surface area contributed by atoms with Crippen LogP contribution in [0.3, 0.4) is 0 Å². The predicted molar refractivity (Wildman–Crippen MR) is 69.8 cm³/mol. The number of ether oxygens (including phenoxy) is 1. The standard InChI is InChI=1S/C14H19NO4/c1-14(2,3)18-12(16)11(13(17)19-15)9-10-7-5-4-6-8-10/h4-8,11H,9,15H2,1-3H3. The van der Waals surface area contributed by atoms with Crippen LogP contribution in [0.15, 0.2) is 30.3 Å². The van der Waals surface area contributed by atoms with Gasteiger partial charge in [-0.1, -0.05) is 30.3 Å². The molecule has 5 heteroatoms. The molecule has 0 saturated heterocycles. The summed E-state index contributed by atoms with van der Waals surface area (Å²) in [6, 6.07) is 9.15. The summed E-state index contributed by atoms with van der Waals surface area (Å²) < 4.78 is 5.20. The highest BCUT2D eigenvalue weighted by Crippen LogP contribution is 2.16. The lowest BCUT2D eigenvalue weighted by Gasteiger charge is -2.22. The molecule has 0 bridgehead atoms.